The van der Waals surface area contributed by atoms with Crippen molar-refractivity contribution in [3.63, 3.8) is 0 Å². The van der Waals surface area contributed by atoms with E-state index in [4.69, 9.17) is 10.8 Å². The predicted molar refractivity (Wildman–Crippen MR) is 61.8 cm³/mol. The van der Waals surface area contributed by atoms with Gasteiger partial charge in [0.05, 0.1) is 6.61 Å². The summed E-state index contributed by atoms with van der Waals surface area (Å²) in [7, 11) is 0. The van der Waals surface area contributed by atoms with Gasteiger partial charge in [-0.2, -0.15) is 11.8 Å². The quantitative estimate of drug-likeness (QED) is 0.646. The number of nitrogen functional groups attached to an aromatic ring is 1. The number of hydrogen-bond donors (Lipinski definition) is 2. The van der Waals surface area contributed by atoms with Crippen LogP contribution in [0.1, 0.15) is 5.56 Å². The van der Waals surface area contributed by atoms with E-state index in [0.717, 1.165) is 21.7 Å². The largest absolute Gasteiger partial charge is 0.399 e. The summed E-state index contributed by atoms with van der Waals surface area (Å²) >= 11 is 5.08. The molecule has 0 radical (unpaired) electrons. The third-order valence-corrected chi connectivity index (χ3v) is 2.95. The molecule has 2 nitrogen and oxygen atoms in total. The minimum atomic E-state index is 0.230. The first kappa shape index (κ1) is 10.9. The van der Waals surface area contributed by atoms with Gasteiger partial charge in [-0.3, -0.25) is 0 Å². The average molecular weight is 262 g/mol. The fraction of sp³-hybridized carbons (Fsp3) is 0.333. The van der Waals surface area contributed by atoms with Crippen LogP contribution in [0.4, 0.5) is 5.69 Å². The van der Waals surface area contributed by atoms with Crippen molar-refractivity contribution in [1.82, 2.24) is 0 Å². The molecule has 1 aromatic carbocycles. The molecule has 4 heteroatoms. The van der Waals surface area contributed by atoms with Gasteiger partial charge >= 0.3 is 0 Å². The van der Waals surface area contributed by atoms with Gasteiger partial charge in [0.1, 0.15) is 0 Å². The third-order valence-electron chi connectivity index (χ3n) is 1.48. The van der Waals surface area contributed by atoms with E-state index < -0.39 is 0 Å². The summed E-state index contributed by atoms with van der Waals surface area (Å²) in [5.41, 5.74) is 7.63. The molecule has 0 atom stereocenters. The zero-order valence-electron chi connectivity index (χ0n) is 7.16. The van der Waals surface area contributed by atoms with E-state index in [9.17, 15) is 0 Å². The maximum atomic E-state index is 8.60. The van der Waals surface area contributed by atoms with Gasteiger partial charge < -0.3 is 10.8 Å². The Hall–Kier alpha value is -0.190. The number of aliphatic hydroxyl groups is 1. The van der Waals surface area contributed by atoms with Gasteiger partial charge in [-0.25, -0.2) is 0 Å². The van der Waals surface area contributed by atoms with Gasteiger partial charge in [0.2, 0.25) is 0 Å². The first-order valence-electron chi connectivity index (χ1n) is 3.96. The molecule has 0 aliphatic heterocycles. The van der Waals surface area contributed by atoms with E-state index in [1.807, 2.05) is 18.2 Å². The molecule has 0 aliphatic rings. The number of nitrogens with two attached hydrogens (primary N) is 1. The zero-order chi connectivity index (χ0) is 9.68. The third kappa shape index (κ3) is 4.02. The fourth-order valence-corrected chi connectivity index (χ4v) is 2.25. The van der Waals surface area contributed by atoms with E-state index in [0.29, 0.717) is 0 Å². The molecule has 0 aromatic heterocycles. The first-order valence-corrected chi connectivity index (χ1v) is 5.90. The average Bonchev–Trinajstić information content (AvgIpc) is 2.03. The van der Waals surface area contributed by atoms with Crippen molar-refractivity contribution in [1.29, 1.82) is 0 Å². The summed E-state index contributed by atoms with van der Waals surface area (Å²) in [6.45, 7) is 0.230. The molecule has 0 spiro atoms. The second kappa shape index (κ2) is 5.52. The summed E-state index contributed by atoms with van der Waals surface area (Å²) in [5.74, 6) is 1.66. The van der Waals surface area contributed by atoms with E-state index in [1.165, 1.54) is 5.56 Å². The maximum Gasteiger partial charge on any atom is 0.0521 e. The Morgan fingerprint density at radius 1 is 1.38 bits per heavy atom. The van der Waals surface area contributed by atoms with E-state index >= 15 is 0 Å². The molecular weight excluding hydrogens is 250 g/mol. The van der Waals surface area contributed by atoms with Crippen molar-refractivity contribution in [3.05, 3.63) is 28.2 Å². The highest BCUT2D eigenvalue weighted by atomic mass is 79.9. The standard InChI is InChI=1S/C9H12BrNOS/c10-8-3-7(4-9(11)5-8)6-13-2-1-12/h3-5,12H,1-2,6,11H2. The number of halogens is 1. The minimum absolute atomic E-state index is 0.230. The number of anilines is 1. The van der Waals surface area contributed by atoms with Crippen LogP contribution >= 0.6 is 27.7 Å². The summed E-state index contributed by atoms with van der Waals surface area (Å²) in [6, 6.07) is 5.87. The molecule has 0 aliphatic carbocycles. The van der Waals surface area contributed by atoms with Gasteiger partial charge in [-0.15, -0.1) is 0 Å². The number of rotatable bonds is 4. The highest BCUT2D eigenvalue weighted by Gasteiger charge is 1.97. The number of hydrogen-bond acceptors (Lipinski definition) is 3. The normalized spacial score (nSPS) is 10.3. The van der Waals surface area contributed by atoms with Crippen LogP contribution in [0.2, 0.25) is 0 Å². The first-order chi connectivity index (χ1) is 6.22. The van der Waals surface area contributed by atoms with Crippen LogP contribution in [-0.2, 0) is 5.75 Å². The molecule has 72 valence electrons. The molecule has 0 unspecified atom stereocenters. The fourth-order valence-electron chi connectivity index (χ4n) is 1.01. The second-order valence-electron chi connectivity index (χ2n) is 2.67. The van der Waals surface area contributed by atoms with Crippen molar-refractivity contribution in [2.24, 2.45) is 0 Å². The summed E-state index contributed by atoms with van der Waals surface area (Å²) in [5, 5.41) is 8.60. The Morgan fingerprint density at radius 3 is 2.77 bits per heavy atom. The van der Waals surface area contributed by atoms with Gasteiger partial charge in [-0.05, 0) is 23.8 Å². The lowest BCUT2D eigenvalue weighted by atomic mass is 10.2. The maximum absolute atomic E-state index is 8.60. The highest BCUT2D eigenvalue weighted by molar-refractivity contribution is 9.10. The molecule has 13 heavy (non-hydrogen) atoms. The zero-order valence-corrected chi connectivity index (χ0v) is 9.57. The Morgan fingerprint density at radius 2 is 2.15 bits per heavy atom. The van der Waals surface area contributed by atoms with Crippen LogP contribution in [-0.4, -0.2) is 17.5 Å². The van der Waals surface area contributed by atoms with Crippen LogP contribution in [0, 0.1) is 0 Å². The molecule has 3 N–H and O–H groups in total. The predicted octanol–water partition coefficient (Wildman–Crippen LogP) is 2.26. The topological polar surface area (TPSA) is 46.2 Å². The van der Waals surface area contributed by atoms with Crippen LogP contribution < -0.4 is 5.73 Å². The minimum Gasteiger partial charge on any atom is -0.399 e. The second-order valence-corrected chi connectivity index (χ2v) is 4.69. The molecule has 0 bridgehead atoms. The molecule has 1 aromatic rings. The van der Waals surface area contributed by atoms with E-state index in [2.05, 4.69) is 15.9 Å². The Bertz CT molecular complexity index is 260. The monoisotopic (exact) mass is 261 g/mol. The molecular formula is C9H12BrNOS. The smallest absolute Gasteiger partial charge is 0.0521 e. The van der Waals surface area contributed by atoms with Gasteiger partial charge in [0.15, 0.2) is 0 Å². The van der Waals surface area contributed by atoms with Crippen LogP contribution in [0.5, 0.6) is 0 Å². The number of thioether (sulfide) groups is 1. The molecule has 0 saturated carbocycles. The number of benzene rings is 1. The van der Waals surface area contributed by atoms with Crippen molar-refractivity contribution >= 4 is 33.4 Å². The van der Waals surface area contributed by atoms with E-state index in [-0.39, 0.29) is 6.61 Å². The summed E-state index contributed by atoms with van der Waals surface area (Å²) in [6.07, 6.45) is 0. The lowest BCUT2D eigenvalue weighted by Crippen LogP contribution is -1.90. The molecule has 0 fully saturated rings. The van der Waals surface area contributed by atoms with Crippen LogP contribution in [0.25, 0.3) is 0 Å². The Kier molecular flexibility index (Phi) is 4.62. The summed E-state index contributed by atoms with van der Waals surface area (Å²) in [4.78, 5) is 0. The van der Waals surface area contributed by atoms with Gasteiger partial charge in [0, 0.05) is 21.7 Å². The van der Waals surface area contributed by atoms with Crippen molar-refractivity contribution < 1.29 is 5.11 Å². The van der Waals surface area contributed by atoms with E-state index in [1.54, 1.807) is 11.8 Å². The SMILES string of the molecule is Nc1cc(Br)cc(CSCCO)c1. The van der Waals surface area contributed by atoms with Crippen molar-refractivity contribution in [2.75, 3.05) is 18.1 Å². The van der Waals surface area contributed by atoms with Crippen molar-refractivity contribution in [2.45, 2.75) is 5.75 Å². The summed E-state index contributed by atoms with van der Waals surface area (Å²) < 4.78 is 1.01. The Labute approximate surface area is 90.7 Å². The molecule has 1 rings (SSSR count). The number of aliphatic hydroxyl groups excluding tert-OH is 1. The van der Waals surface area contributed by atoms with Crippen LogP contribution in [0.3, 0.4) is 0 Å². The van der Waals surface area contributed by atoms with Gasteiger partial charge in [-0.1, -0.05) is 15.9 Å². The lowest BCUT2D eigenvalue weighted by Gasteiger charge is -2.02. The van der Waals surface area contributed by atoms with Crippen LogP contribution in [0.15, 0.2) is 22.7 Å². The lowest BCUT2D eigenvalue weighted by molar-refractivity contribution is 0.322. The molecule has 0 heterocycles. The molecule has 0 amide bonds. The molecule has 0 saturated heterocycles. The highest BCUT2D eigenvalue weighted by Crippen LogP contribution is 2.20. The van der Waals surface area contributed by atoms with Gasteiger partial charge in [0.25, 0.3) is 0 Å². The Balaban J connectivity index is 2.56. The van der Waals surface area contributed by atoms with Crippen molar-refractivity contribution in [3.8, 4) is 0 Å².